The Bertz CT molecular complexity index is 1450. The molecule has 0 spiro atoms. The molecule has 3 rings (SSSR count). The Morgan fingerprint density at radius 3 is 2.10 bits per heavy atom. The Kier molecular flexibility index (Phi) is 10.2. The van der Waals surface area contributed by atoms with Crippen molar-refractivity contribution in [3.63, 3.8) is 0 Å². The molecule has 0 bridgehead atoms. The summed E-state index contributed by atoms with van der Waals surface area (Å²) in [5.41, 5.74) is 0.913. The molecule has 11 heteroatoms. The largest absolute Gasteiger partial charge is 0.350 e. The van der Waals surface area contributed by atoms with E-state index in [-0.39, 0.29) is 28.7 Å². The third kappa shape index (κ3) is 8.94. The van der Waals surface area contributed by atoms with E-state index in [2.05, 4.69) is 5.32 Å². The van der Waals surface area contributed by atoms with Gasteiger partial charge in [0.25, 0.3) is 0 Å². The number of hydrogen-bond donors (Lipinski definition) is 1. The zero-order chi connectivity index (χ0) is 29.7. The third-order valence-electron chi connectivity index (χ3n) is 5.91. The van der Waals surface area contributed by atoms with E-state index in [9.17, 15) is 22.4 Å². The maximum absolute atomic E-state index is 14.0. The van der Waals surface area contributed by atoms with Crippen molar-refractivity contribution >= 4 is 50.7 Å². The summed E-state index contributed by atoms with van der Waals surface area (Å²) in [6, 6.07) is 18.0. The highest BCUT2D eigenvalue weighted by Gasteiger charge is 2.34. The summed E-state index contributed by atoms with van der Waals surface area (Å²) in [5, 5.41) is 3.29. The number of sulfonamides is 1. The van der Waals surface area contributed by atoms with Gasteiger partial charge in [0.2, 0.25) is 21.8 Å². The summed E-state index contributed by atoms with van der Waals surface area (Å²) in [6.07, 6.45) is 1.14. The molecule has 214 valence electrons. The highest BCUT2D eigenvalue weighted by Crippen LogP contribution is 2.29. The summed E-state index contributed by atoms with van der Waals surface area (Å²) in [4.78, 5) is 29.0. The van der Waals surface area contributed by atoms with Crippen LogP contribution in [0, 0.1) is 5.82 Å². The van der Waals surface area contributed by atoms with E-state index in [1.165, 1.54) is 47.4 Å². The monoisotopic (exact) mass is 607 g/mol. The van der Waals surface area contributed by atoms with Crippen LogP contribution in [-0.4, -0.2) is 49.5 Å². The van der Waals surface area contributed by atoms with Gasteiger partial charge in [-0.25, -0.2) is 12.8 Å². The Morgan fingerprint density at radius 1 is 0.925 bits per heavy atom. The first-order valence-electron chi connectivity index (χ1n) is 12.5. The minimum Gasteiger partial charge on any atom is -0.350 e. The number of nitrogens with zero attached hydrogens (tertiary/aromatic N) is 2. The van der Waals surface area contributed by atoms with Crippen LogP contribution in [0.1, 0.15) is 31.9 Å². The quantitative estimate of drug-likeness (QED) is 0.332. The van der Waals surface area contributed by atoms with Crippen LogP contribution in [-0.2, 0) is 32.6 Å². The highest BCUT2D eigenvalue weighted by atomic mass is 35.5. The zero-order valence-electron chi connectivity index (χ0n) is 22.7. The third-order valence-corrected chi connectivity index (χ3v) is 7.79. The van der Waals surface area contributed by atoms with Gasteiger partial charge in [-0.3, -0.25) is 13.9 Å². The summed E-state index contributed by atoms with van der Waals surface area (Å²) in [5.74, 6) is -1.49. The number of amides is 2. The average Bonchev–Trinajstić information content (AvgIpc) is 2.86. The maximum Gasteiger partial charge on any atom is 0.244 e. The molecule has 0 heterocycles. The number of benzene rings is 3. The Balaban J connectivity index is 2.08. The molecule has 40 heavy (non-hydrogen) atoms. The summed E-state index contributed by atoms with van der Waals surface area (Å²) < 4.78 is 40.2. The fourth-order valence-electron chi connectivity index (χ4n) is 4.05. The van der Waals surface area contributed by atoms with Crippen molar-refractivity contribution in [3.05, 3.63) is 99.8 Å². The van der Waals surface area contributed by atoms with Gasteiger partial charge in [-0.05, 0) is 62.2 Å². The number of halogens is 3. The molecular weight excluding hydrogens is 576 g/mol. The number of anilines is 1. The molecule has 1 N–H and O–H groups in total. The SMILES string of the molecule is CC(C)(C)NC(=O)C(Cc1ccccc1)N(Cc1ccc(F)cc1)C(=O)CN(c1ccc(Cl)c(Cl)c1)S(C)(=O)=O. The van der Waals surface area contributed by atoms with Gasteiger partial charge in [0.05, 0.1) is 22.0 Å². The van der Waals surface area contributed by atoms with Gasteiger partial charge >= 0.3 is 0 Å². The lowest BCUT2D eigenvalue weighted by atomic mass is 10.0. The molecule has 0 radical (unpaired) electrons. The van der Waals surface area contributed by atoms with Crippen molar-refractivity contribution in [1.82, 2.24) is 10.2 Å². The number of carbonyl (C=O) groups excluding carboxylic acids is 2. The van der Waals surface area contributed by atoms with Crippen LogP contribution in [0.4, 0.5) is 10.1 Å². The van der Waals surface area contributed by atoms with Crippen LogP contribution in [0.15, 0.2) is 72.8 Å². The molecule has 1 atom stereocenters. The normalized spacial score (nSPS) is 12.5. The lowest BCUT2D eigenvalue weighted by Crippen LogP contribution is -2.56. The smallest absolute Gasteiger partial charge is 0.244 e. The van der Waals surface area contributed by atoms with Crippen molar-refractivity contribution < 1.29 is 22.4 Å². The molecule has 3 aromatic rings. The van der Waals surface area contributed by atoms with Crippen molar-refractivity contribution in [3.8, 4) is 0 Å². The Morgan fingerprint density at radius 2 is 1.55 bits per heavy atom. The molecule has 0 aliphatic rings. The molecule has 0 aliphatic carbocycles. The van der Waals surface area contributed by atoms with Crippen LogP contribution in [0.3, 0.4) is 0 Å². The van der Waals surface area contributed by atoms with Gasteiger partial charge < -0.3 is 10.2 Å². The van der Waals surface area contributed by atoms with Crippen LogP contribution in [0.25, 0.3) is 0 Å². The lowest BCUT2D eigenvalue weighted by Gasteiger charge is -2.35. The van der Waals surface area contributed by atoms with Gasteiger partial charge in [-0.1, -0.05) is 65.7 Å². The van der Waals surface area contributed by atoms with Crippen molar-refractivity contribution in [2.24, 2.45) is 0 Å². The Labute approximate surface area is 244 Å². The number of rotatable bonds is 10. The van der Waals surface area contributed by atoms with Gasteiger partial charge in [-0.2, -0.15) is 0 Å². The molecule has 3 aromatic carbocycles. The zero-order valence-corrected chi connectivity index (χ0v) is 25.0. The van der Waals surface area contributed by atoms with Crippen molar-refractivity contribution in [1.29, 1.82) is 0 Å². The van der Waals surface area contributed by atoms with E-state index in [4.69, 9.17) is 23.2 Å². The molecule has 7 nitrogen and oxygen atoms in total. The van der Waals surface area contributed by atoms with Crippen LogP contribution < -0.4 is 9.62 Å². The van der Waals surface area contributed by atoms with Gasteiger partial charge in [0.15, 0.2) is 0 Å². The minimum atomic E-state index is -3.95. The van der Waals surface area contributed by atoms with Gasteiger partial charge in [0, 0.05) is 18.5 Å². The number of carbonyl (C=O) groups is 2. The molecule has 0 saturated carbocycles. The fraction of sp³-hybridized carbons (Fsp3) is 0.310. The fourth-order valence-corrected chi connectivity index (χ4v) is 5.18. The van der Waals surface area contributed by atoms with E-state index in [1.807, 2.05) is 51.1 Å². The van der Waals surface area contributed by atoms with Gasteiger partial charge in [-0.15, -0.1) is 0 Å². The maximum atomic E-state index is 14.0. The second-order valence-corrected chi connectivity index (χ2v) is 13.2. The molecule has 0 fully saturated rings. The van der Waals surface area contributed by atoms with Crippen LogP contribution >= 0.6 is 23.2 Å². The van der Waals surface area contributed by atoms with E-state index in [0.717, 1.165) is 16.1 Å². The van der Waals surface area contributed by atoms with E-state index in [0.29, 0.717) is 5.56 Å². The summed E-state index contributed by atoms with van der Waals surface area (Å²) in [7, 11) is -3.95. The molecule has 2 amide bonds. The molecule has 0 aromatic heterocycles. The van der Waals surface area contributed by atoms with Crippen molar-refractivity contribution in [2.75, 3.05) is 17.1 Å². The topological polar surface area (TPSA) is 86.8 Å². The highest BCUT2D eigenvalue weighted by molar-refractivity contribution is 7.92. The number of nitrogens with one attached hydrogen (secondary N) is 1. The first-order chi connectivity index (χ1) is 18.6. The van der Waals surface area contributed by atoms with E-state index in [1.54, 1.807) is 0 Å². The second kappa shape index (κ2) is 13.0. The Hall–Kier alpha value is -3.14. The molecule has 0 saturated heterocycles. The predicted molar refractivity (Wildman–Crippen MR) is 157 cm³/mol. The lowest BCUT2D eigenvalue weighted by molar-refractivity contribution is -0.140. The van der Waals surface area contributed by atoms with E-state index < -0.39 is 45.8 Å². The molecule has 1 unspecified atom stereocenters. The van der Waals surface area contributed by atoms with Crippen LogP contribution in [0.2, 0.25) is 10.0 Å². The molecule has 0 aliphatic heterocycles. The number of hydrogen-bond acceptors (Lipinski definition) is 4. The predicted octanol–water partition coefficient (Wildman–Crippen LogP) is 5.45. The minimum absolute atomic E-state index is 0.0623. The summed E-state index contributed by atoms with van der Waals surface area (Å²) in [6.45, 7) is 4.81. The average molecular weight is 609 g/mol. The first kappa shape index (κ1) is 31.4. The molecular formula is C29H32Cl2FN3O4S. The second-order valence-electron chi connectivity index (χ2n) is 10.5. The van der Waals surface area contributed by atoms with Crippen molar-refractivity contribution in [2.45, 2.75) is 45.3 Å². The van der Waals surface area contributed by atoms with Gasteiger partial charge in [0.1, 0.15) is 18.4 Å². The van der Waals surface area contributed by atoms with E-state index >= 15 is 0 Å². The standard InChI is InChI=1S/C29H32Cl2FN3O4S/c1-29(2,3)33-28(37)26(16-20-8-6-5-7-9-20)34(18-21-10-12-22(32)13-11-21)27(36)19-35(40(4,38)39)23-14-15-24(30)25(31)17-23/h5-15,17,26H,16,18-19H2,1-4H3,(H,33,37). The van der Waals surface area contributed by atoms with Crippen LogP contribution in [0.5, 0.6) is 0 Å². The first-order valence-corrected chi connectivity index (χ1v) is 15.1. The summed E-state index contributed by atoms with van der Waals surface area (Å²) >= 11 is 12.2.